The van der Waals surface area contributed by atoms with E-state index in [1.54, 1.807) is 0 Å². The number of ether oxygens (including phenoxy) is 1. The van der Waals surface area contributed by atoms with Gasteiger partial charge in [-0.25, -0.2) is 0 Å². The summed E-state index contributed by atoms with van der Waals surface area (Å²) in [5.41, 5.74) is 2.61. The van der Waals surface area contributed by atoms with Crippen LogP contribution >= 0.6 is 0 Å². The maximum Gasteiger partial charge on any atom is 0.191 e. The summed E-state index contributed by atoms with van der Waals surface area (Å²) in [4.78, 5) is 6.85. The molecule has 5 nitrogen and oxygen atoms in total. The van der Waals surface area contributed by atoms with Gasteiger partial charge < -0.3 is 20.3 Å². The zero-order valence-corrected chi connectivity index (χ0v) is 16.8. The average Bonchev–Trinajstić information content (AvgIpc) is 3.35. The Kier molecular flexibility index (Phi) is 5.86. The summed E-state index contributed by atoms with van der Waals surface area (Å²) in [6, 6.07) is 10.1. The first-order valence-corrected chi connectivity index (χ1v) is 10.7. The molecular formula is C22H34N4O. The minimum absolute atomic E-state index is 0.364. The number of anilines is 1. The number of rotatable bonds is 5. The molecule has 3 fully saturated rings. The Morgan fingerprint density at radius 2 is 1.89 bits per heavy atom. The van der Waals surface area contributed by atoms with Crippen LogP contribution in [0.15, 0.2) is 29.3 Å². The molecule has 0 aromatic heterocycles. The van der Waals surface area contributed by atoms with E-state index in [-0.39, 0.29) is 0 Å². The highest BCUT2D eigenvalue weighted by Crippen LogP contribution is 2.34. The first kappa shape index (κ1) is 18.6. The van der Waals surface area contributed by atoms with Crippen molar-refractivity contribution in [2.45, 2.75) is 82.2 Å². The summed E-state index contributed by atoms with van der Waals surface area (Å²) in [5.74, 6) is 0.875. The maximum absolute atomic E-state index is 5.93. The van der Waals surface area contributed by atoms with E-state index in [4.69, 9.17) is 4.74 Å². The summed E-state index contributed by atoms with van der Waals surface area (Å²) < 4.78 is 5.93. The smallest absolute Gasteiger partial charge is 0.191 e. The SMILES string of the molecule is CN=C(NCc1ccc(N(C)C2CCCCC2)cc1)NC1CC2CCC1O2. The molecule has 3 atom stereocenters. The van der Waals surface area contributed by atoms with E-state index in [1.165, 1.54) is 56.2 Å². The summed E-state index contributed by atoms with van der Waals surface area (Å²) in [6.45, 7) is 0.786. The molecule has 2 bridgehead atoms. The van der Waals surface area contributed by atoms with Crippen LogP contribution in [0.3, 0.4) is 0 Å². The molecule has 2 aliphatic heterocycles. The number of guanidine groups is 1. The zero-order valence-electron chi connectivity index (χ0n) is 16.8. The number of benzene rings is 1. The molecule has 148 valence electrons. The monoisotopic (exact) mass is 370 g/mol. The van der Waals surface area contributed by atoms with Crippen LogP contribution in [0.4, 0.5) is 5.69 Å². The van der Waals surface area contributed by atoms with E-state index in [2.05, 4.69) is 51.8 Å². The highest BCUT2D eigenvalue weighted by atomic mass is 16.5. The quantitative estimate of drug-likeness (QED) is 0.616. The van der Waals surface area contributed by atoms with Crippen molar-refractivity contribution in [2.24, 2.45) is 4.99 Å². The molecule has 1 saturated carbocycles. The molecule has 3 aliphatic rings. The highest BCUT2D eigenvalue weighted by Gasteiger charge is 2.41. The van der Waals surface area contributed by atoms with Crippen molar-refractivity contribution in [3.63, 3.8) is 0 Å². The van der Waals surface area contributed by atoms with Crippen LogP contribution in [0, 0.1) is 0 Å². The van der Waals surface area contributed by atoms with Crippen LogP contribution in [-0.2, 0) is 11.3 Å². The van der Waals surface area contributed by atoms with Crippen LogP contribution in [0.25, 0.3) is 0 Å². The standard InChI is InChI=1S/C22H34N4O/c1-23-22(25-20-14-19-12-13-21(20)27-19)24-15-16-8-10-18(11-9-16)26(2)17-6-4-3-5-7-17/h8-11,17,19-21H,3-7,12-15H2,1-2H3,(H2,23,24,25). The highest BCUT2D eigenvalue weighted by molar-refractivity contribution is 5.80. The Labute approximate surface area is 163 Å². The molecule has 0 radical (unpaired) electrons. The normalized spacial score (nSPS) is 28.4. The van der Waals surface area contributed by atoms with Crippen LogP contribution in [0.1, 0.15) is 56.9 Å². The Hall–Kier alpha value is -1.75. The number of nitrogens with one attached hydrogen (secondary N) is 2. The lowest BCUT2D eigenvalue weighted by Crippen LogP contribution is -2.47. The second-order valence-corrected chi connectivity index (χ2v) is 8.36. The number of hydrogen-bond acceptors (Lipinski definition) is 3. The summed E-state index contributed by atoms with van der Waals surface area (Å²) in [6.07, 6.45) is 11.1. The van der Waals surface area contributed by atoms with Gasteiger partial charge in [0, 0.05) is 32.4 Å². The minimum Gasteiger partial charge on any atom is -0.373 e. The number of hydrogen-bond donors (Lipinski definition) is 2. The first-order chi connectivity index (χ1) is 13.2. The topological polar surface area (TPSA) is 48.9 Å². The lowest BCUT2D eigenvalue weighted by Gasteiger charge is -2.33. The molecule has 2 N–H and O–H groups in total. The molecule has 2 saturated heterocycles. The van der Waals surface area contributed by atoms with Crippen LogP contribution in [-0.4, -0.2) is 44.3 Å². The summed E-state index contributed by atoms with van der Waals surface area (Å²) >= 11 is 0. The van der Waals surface area contributed by atoms with Crippen molar-refractivity contribution in [1.82, 2.24) is 10.6 Å². The molecule has 27 heavy (non-hydrogen) atoms. The van der Waals surface area contributed by atoms with E-state index >= 15 is 0 Å². The Morgan fingerprint density at radius 1 is 1.11 bits per heavy atom. The van der Waals surface area contributed by atoms with Gasteiger partial charge in [0.05, 0.1) is 18.2 Å². The molecule has 1 aromatic rings. The van der Waals surface area contributed by atoms with Crippen molar-refractivity contribution >= 4 is 11.6 Å². The second-order valence-electron chi connectivity index (χ2n) is 8.36. The van der Waals surface area contributed by atoms with Gasteiger partial charge in [-0.1, -0.05) is 31.4 Å². The third-order valence-corrected chi connectivity index (χ3v) is 6.58. The molecular weight excluding hydrogens is 336 g/mol. The molecule has 3 unspecified atom stereocenters. The average molecular weight is 371 g/mol. The minimum atomic E-state index is 0.364. The first-order valence-electron chi connectivity index (χ1n) is 10.7. The van der Waals surface area contributed by atoms with Crippen LogP contribution in [0.2, 0.25) is 0 Å². The molecule has 2 heterocycles. The lowest BCUT2D eigenvalue weighted by molar-refractivity contribution is 0.0992. The molecule has 0 spiro atoms. The predicted octanol–water partition coefficient (Wildman–Crippen LogP) is 3.44. The van der Waals surface area contributed by atoms with Crippen LogP contribution < -0.4 is 15.5 Å². The van der Waals surface area contributed by atoms with Gasteiger partial charge in [0.1, 0.15) is 0 Å². The molecule has 4 rings (SSSR count). The fraction of sp³-hybridized carbons (Fsp3) is 0.682. The summed E-state index contributed by atoms with van der Waals surface area (Å²) in [7, 11) is 4.08. The van der Waals surface area contributed by atoms with Gasteiger partial charge >= 0.3 is 0 Å². The molecule has 0 amide bonds. The number of nitrogens with zero attached hydrogens (tertiary/aromatic N) is 2. The Bertz CT molecular complexity index is 638. The van der Waals surface area contributed by atoms with Crippen molar-refractivity contribution in [3.8, 4) is 0 Å². The second kappa shape index (κ2) is 8.51. The maximum atomic E-state index is 5.93. The van der Waals surface area contributed by atoms with E-state index in [0.717, 1.165) is 18.9 Å². The van der Waals surface area contributed by atoms with Gasteiger partial charge in [0.2, 0.25) is 0 Å². The Balaban J connectivity index is 1.27. The van der Waals surface area contributed by atoms with Crippen molar-refractivity contribution in [1.29, 1.82) is 0 Å². The van der Waals surface area contributed by atoms with Gasteiger partial charge in [-0.3, -0.25) is 4.99 Å². The third kappa shape index (κ3) is 4.40. The van der Waals surface area contributed by atoms with E-state index in [1.807, 2.05) is 7.05 Å². The number of aliphatic imine (C=N–C) groups is 1. The fourth-order valence-electron chi connectivity index (χ4n) is 4.87. The lowest BCUT2D eigenvalue weighted by atomic mass is 9.94. The van der Waals surface area contributed by atoms with Gasteiger partial charge in [-0.05, 0) is 49.8 Å². The van der Waals surface area contributed by atoms with Crippen LogP contribution in [0.5, 0.6) is 0 Å². The summed E-state index contributed by atoms with van der Waals surface area (Å²) in [5, 5.41) is 7.00. The number of fused-ring (bicyclic) bond motifs is 2. The van der Waals surface area contributed by atoms with Gasteiger partial charge in [-0.15, -0.1) is 0 Å². The van der Waals surface area contributed by atoms with Crippen molar-refractivity contribution in [2.75, 3.05) is 19.0 Å². The van der Waals surface area contributed by atoms with Crippen molar-refractivity contribution < 1.29 is 4.74 Å². The fourth-order valence-corrected chi connectivity index (χ4v) is 4.87. The van der Waals surface area contributed by atoms with E-state index in [9.17, 15) is 0 Å². The predicted molar refractivity (Wildman–Crippen MR) is 111 cm³/mol. The largest absolute Gasteiger partial charge is 0.373 e. The molecule has 1 aliphatic carbocycles. The van der Waals surface area contributed by atoms with Gasteiger partial charge in [-0.2, -0.15) is 0 Å². The zero-order chi connectivity index (χ0) is 18.6. The van der Waals surface area contributed by atoms with Crippen molar-refractivity contribution in [3.05, 3.63) is 29.8 Å². The third-order valence-electron chi connectivity index (χ3n) is 6.58. The Morgan fingerprint density at radius 3 is 2.52 bits per heavy atom. The van der Waals surface area contributed by atoms with Gasteiger partial charge in [0.25, 0.3) is 0 Å². The molecule has 1 aromatic carbocycles. The van der Waals surface area contributed by atoms with E-state index in [0.29, 0.717) is 24.3 Å². The van der Waals surface area contributed by atoms with E-state index < -0.39 is 0 Å². The molecule has 5 heteroatoms. The van der Waals surface area contributed by atoms with Gasteiger partial charge in [0.15, 0.2) is 5.96 Å².